The van der Waals surface area contributed by atoms with Gasteiger partial charge in [-0.15, -0.1) is 11.3 Å². The van der Waals surface area contributed by atoms with Crippen molar-refractivity contribution >= 4 is 48.7 Å². The van der Waals surface area contributed by atoms with Crippen LogP contribution in [0.5, 0.6) is 0 Å². The summed E-state index contributed by atoms with van der Waals surface area (Å²) in [6, 6.07) is 5.05. The van der Waals surface area contributed by atoms with Crippen molar-refractivity contribution in [2.45, 2.75) is 17.8 Å². The normalized spacial score (nSPS) is 12.1. The zero-order chi connectivity index (χ0) is 23.7. The fourth-order valence-electron chi connectivity index (χ4n) is 2.44. The lowest BCUT2D eigenvalue weighted by Crippen LogP contribution is -2.21. The topological polar surface area (TPSA) is 89.0 Å². The number of halogens is 6. The Morgan fingerprint density at radius 3 is 2.47 bits per heavy atom. The molecule has 3 rings (SSSR count). The van der Waals surface area contributed by atoms with Crippen molar-refractivity contribution in [1.82, 2.24) is 9.97 Å². The number of thiophene rings is 1. The molecular weight excluding hydrogens is 545 g/mol. The van der Waals surface area contributed by atoms with Gasteiger partial charge in [0.2, 0.25) is 20.9 Å². The highest BCUT2D eigenvalue weighted by Gasteiger charge is 2.35. The van der Waals surface area contributed by atoms with E-state index in [4.69, 9.17) is 0 Å². The number of aromatic nitrogens is 2. The van der Waals surface area contributed by atoms with Crippen molar-refractivity contribution in [3.8, 4) is 10.6 Å². The van der Waals surface area contributed by atoms with Crippen LogP contribution in [-0.2, 0) is 20.8 Å². The maximum Gasteiger partial charge on any atom is 0.433 e. The molecule has 0 radical (unpaired) electrons. The SMILES string of the molecule is O=C(CCS(=O)(=O)c1nc(-c2cccs2)cc(C(F)(F)F)n1)Nc1c(F)cc(F)cc1Br. The summed E-state index contributed by atoms with van der Waals surface area (Å²) in [7, 11) is -4.51. The molecular formula is C18H11BrF5N3O3S2. The van der Waals surface area contributed by atoms with Crippen molar-refractivity contribution < 1.29 is 35.2 Å². The van der Waals surface area contributed by atoms with Crippen LogP contribution in [0.15, 0.2) is 45.3 Å². The highest BCUT2D eigenvalue weighted by molar-refractivity contribution is 9.10. The number of benzene rings is 1. The highest BCUT2D eigenvalue weighted by atomic mass is 79.9. The number of nitrogens with zero attached hydrogens (tertiary/aromatic N) is 2. The predicted molar refractivity (Wildman–Crippen MR) is 110 cm³/mol. The molecule has 6 nitrogen and oxygen atoms in total. The summed E-state index contributed by atoms with van der Waals surface area (Å²) in [6.07, 6.45) is -5.66. The van der Waals surface area contributed by atoms with Gasteiger partial charge in [0.25, 0.3) is 0 Å². The van der Waals surface area contributed by atoms with E-state index in [0.717, 1.165) is 17.4 Å². The van der Waals surface area contributed by atoms with Crippen LogP contribution in [0.2, 0.25) is 0 Å². The third-order valence-corrected chi connectivity index (χ3v) is 6.92. The molecule has 14 heteroatoms. The Balaban J connectivity index is 1.83. The number of anilines is 1. The molecule has 0 aliphatic rings. The number of nitrogens with one attached hydrogen (secondary N) is 1. The van der Waals surface area contributed by atoms with Gasteiger partial charge in [0, 0.05) is 17.0 Å². The first kappa shape index (κ1) is 24.2. The zero-order valence-electron chi connectivity index (χ0n) is 15.6. The number of amides is 1. The molecule has 0 spiro atoms. The maximum atomic E-state index is 13.8. The van der Waals surface area contributed by atoms with Gasteiger partial charge in [-0.2, -0.15) is 13.2 Å². The summed E-state index contributed by atoms with van der Waals surface area (Å²) < 4.78 is 91.6. The largest absolute Gasteiger partial charge is 0.433 e. The lowest BCUT2D eigenvalue weighted by Gasteiger charge is -2.11. The van der Waals surface area contributed by atoms with Crippen LogP contribution in [0.25, 0.3) is 10.6 Å². The van der Waals surface area contributed by atoms with Crippen LogP contribution >= 0.6 is 27.3 Å². The molecule has 0 bridgehead atoms. The van der Waals surface area contributed by atoms with Gasteiger partial charge in [-0.05, 0) is 39.5 Å². The highest BCUT2D eigenvalue weighted by Crippen LogP contribution is 2.32. The molecule has 0 unspecified atom stereocenters. The first-order valence-electron chi connectivity index (χ1n) is 8.54. The summed E-state index contributed by atoms with van der Waals surface area (Å²) >= 11 is 3.92. The minimum Gasteiger partial charge on any atom is -0.323 e. The summed E-state index contributed by atoms with van der Waals surface area (Å²) in [5.41, 5.74) is -2.09. The molecule has 3 aromatic rings. The van der Waals surface area contributed by atoms with Crippen LogP contribution in [0.3, 0.4) is 0 Å². The summed E-state index contributed by atoms with van der Waals surface area (Å²) in [6.45, 7) is 0. The number of carbonyl (C=O) groups excluding carboxylic acids is 1. The van der Waals surface area contributed by atoms with Gasteiger partial charge in [0.15, 0.2) is 5.82 Å². The Kier molecular flexibility index (Phi) is 6.95. The van der Waals surface area contributed by atoms with E-state index < -0.39 is 62.3 Å². The third-order valence-electron chi connectivity index (χ3n) is 3.92. The van der Waals surface area contributed by atoms with E-state index >= 15 is 0 Å². The monoisotopic (exact) mass is 555 g/mol. The van der Waals surface area contributed by atoms with Crippen LogP contribution in [0.4, 0.5) is 27.6 Å². The second kappa shape index (κ2) is 9.19. The van der Waals surface area contributed by atoms with Gasteiger partial charge >= 0.3 is 6.18 Å². The molecule has 170 valence electrons. The van der Waals surface area contributed by atoms with Gasteiger partial charge in [-0.1, -0.05) is 6.07 Å². The molecule has 2 aromatic heterocycles. The fraction of sp³-hybridized carbons (Fsp3) is 0.167. The van der Waals surface area contributed by atoms with Crippen LogP contribution in [0.1, 0.15) is 12.1 Å². The molecule has 2 heterocycles. The Bertz CT molecular complexity index is 1240. The van der Waals surface area contributed by atoms with Crippen molar-refractivity contribution in [2.75, 3.05) is 11.1 Å². The molecule has 0 saturated carbocycles. The number of alkyl halides is 3. The maximum absolute atomic E-state index is 13.8. The van der Waals surface area contributed by atoms with Crippen LogP contribution in [0, 0.1) is 11.6 Å². The summed E-state index contributed by atoms with van der Waals surface area (Å²) in [5.74, 6) is -3.91. The lowest BCUT2D eigenvalue weighted by molar-refractivity contribution is -0.141. The number of sulfone groups is 1. The van der Waals surface area contributed by atoms with Crippen molar-refractivity contribution in [3.63, 3.8) is 0 Å². The molecule has 0 fully saturated rings. The van der Waals surface area contributed by atoms with Crippen LogP contribution < -0.4 is 5.32 Å². The first-order valence-corrected chi connectivity index (χ1v) is 11.9. The molecule has 0 saturated heterocycles. The zero-order valence-corrected chi connectivity index (χ0v) is 18.8. The molecule has 0 aliphatic carbocycles. The first-order chi connectivity index (χ1) is 14.9. The molecule has 1 amide bonds. The fourth-order valence-corrected chi connectivity index (χ4v) is 4.75. The minimum atomic E-state index is -4.93. The quantitative estimate of drug-likeness (QED) is 0.339. The van der Waals surface area contributed by atoms with Crippen molar-refractivity contribution in [3.05, 3.63) is 57.5 Å². The molecule has 1 N–H and O–H groups in total. The predicted octanol–water partition coefficient (Wildman–Crippen LogP) is 5.07. The Morgan fingerprint density at radius 1 is 1.16 bits per heavy atom. The second-order valence-electron chi connectivity index (χ2n) is 6.26. The van der Waals surface area contributed by atoms with E-state index in [9.17, 15) is 35.2 Å². The van der Waals surface area contributed by atoms with Gasteiger partial charge in [-0.3, -0.25) is 4.79 Å². The standard InChI is InChI=1S/C18H11BrF5N3O3S2/c19-10-6-9(20)7-11(21)16(10)27-15(28)3-5-32(29,30)17-25-12(13-2-1-4-31-13)8-14(26-17)18(22,23)24/h1-2,4,6-8H,3,5H2,(H,27,28). The lowest BCUT2D eigenvalue weighted by atomic mass is 10.3. The molecule has 32 heavy (non-hydrogen) atoms. The number of rotatable bonds is 6. The average Bonchev–Trinajstić information content (AvgIpc) is 3.23. The van der Waals surface area contributed by atoms with Gasteiger partial charge < -0.3 is 5.32 Å². The third kappa shape index (κ3) is 5.66. The summed E-state index contributed by atoms with van der Waals surface area (Å²) in [5, 5.41) is 2.58. The van der Waals surface area contributed by atoms with E-state index in [1.54, 1.807) is 11.4 Å². The van der Waals surface area contributed by atoms with Gasteiger partial charge in [0.1, 0.15) is 11.5 Å². The second-order valence-corrected chi connectivity index (χ2v) is 10.1. The number of carbonyl (C=O) groups is 1. The number of hydrogen-bond donors (Lipinski definition) is 1. The molecule has 1 aromatic carbocycles. The Morgan fingerprint density at radius 2 is 1.88 bits per heavy atom. The van der Waals surface area contributed by atoms with E-state index in [1.165, 1.54) is 6.07 Å². The van der Waals surface area contributed by atoms with E-state index in [2.05, 4.69) is 31.2 Å². The Hall–Kier alpha value is -2.45. The molecule has 0 atom stereocenters. The average molecular weight is 556 g/mol. The molecule has 0 aliphatic heterocycles. The smallest absolute Gasteiger partial charge is 0.323 e. The van der Waals surface area contributed by atoms with Gasteiger partial charge in [0.05, 0.1) is 22.0 Å². The van der Waals surface area contributed by atoms with E-state index in [-0.39, 0.29) is 10.2 Å². The van der Waals surface area contributed by atoms with Gasteiger partial charge in [-0.25, -0.2) is 27.2 Å². The van der Waals surface area contributed by atoms with Crippen molar-refractivity contribution in [2.24, 2.45) is 0 Å². The number of hydrogen-bond acceptors (Lipinski definition) is 6. The van der Waals surface area contributed by atoms with Crippen LogP contribution in [-0.4, -0.2) is 30.0 Å². The minimum absolute atomic E-state index is 0.118. The van der Waals surface area contributed by atoms with E-state index in [0.29, 0.717) is 17.0 Å². The Labute approximate surface area is 190 Å². The van der Waals surface area contributed by atoms with Crippen molar-refractivity contribution in [1.29, 1.82) is 0 Å². The summed E-state index contributed by atoms with van der Waals surface area (Å²) in [4.78, 5) is 19.2. The van der Waals surface area contributed by atoms with E-state index in [1.807, 2.05) is 0 Å².